The summed E-state index contributed by atoms with van der Waals surface area (Å²) in [4.78, 5) is 26.4. The van der Waals surface area contributed by atoms with Gasteiger partial charge in [-0.3, -0.25) is 9.59 Å². The predicted molar refractivity (Wildman–Crippen MR) is 91.4 cm³/mol. The molecule has 0 aliphatic heterocycles. The van der Waals surface area contributed by atoms with E-state index in [-0.39, 0.29) is 11.4 Å². The van der Waals surface area contributed by atoms with Crippen LogP contribution in [0.5, 0.6) is 0 Å². The SMILES string of the molecule is Cc1ccc(C(=O)NCCc2ccn(-c3ccc(F)cc3)n2)c(=O)[nH]1. The number of carbonyl (C=O) groups excluding carboxylic acids is 1. The molecule has 0 spiro atoms. The fourth-order valence-electron chi connectivity index (χ4n) is 2.38. The maximum Gasteiger partial charge on any atom is 0.260 e. The summed E-state index contributed by atoms with van der Waals surface area (Å²) in [5.74, 6) is -0.718. The van der Waals surface area contributed by atoms with Gasteiger partial charge in [-0.25, -0.2) is 9.07 Å². The van der Waals surface area contributed by atoms with Crippen LogP contribution in [0.4, 0.5) is 4.39 Å². The highest BCUT2D eigenvalue weighted by atomic mass is 19.1. The van der Waals surface area contributed by atoms with Crippen molar-refractivity contribution in [2.24, 2.45) is 0 Å². The third kappa shape index (κ3) is 4.00. The molecule has 2 N–H and O–H groups in total. The number of rotatable bonds is 5. The van der Waals surface area contributed by atoms with Crippen molar-refractivity contribution in [2.75, 3.05) is 6.54 Å². The molecule has 0 unspecified atom stereocenters. The highest BCUT2D eigenvalue weighted by Crippen LogP contribution is 2.09. The number of nitrogens with one attached hydrogen (secondary N) is 2. The van der Waals surface area contributed by atoms with Gasteiger partial charge in [0.05, 0.1) is 11.4 Å². The van der Waals surface area contributed by atoms with E-state index in [0.717, 1.165) is 11.4 Å². The molecule has 6 nitrogen and oxygen atoms in total. The van der Waals surface area contributed by atoms with Gasteiger partial charge in [-0.15, -0.1) is 0 Å². The van der Waals surface area contributed by atoms with Crippen molar-refractivity contribution in [3.8, 4) is 5.69 Å². The number of halogens is 1. The number of pyridine rings is 1. The summed E-state index contributed by atoms with van der Waals surface area (Å²) < 4.78 is 14.6. The summed E-state index contributed by atoms with van der Waals surface area (Å²) in [5, 5.41) is 7.09. The summed E-state index contributed by atoms with van der Waals surface area (Å²) in [7, 11) is 0. The second-order valence-electron chi connectivity index (χ2n) is 5.62. The van der Waals surface area contributed by atoms with Crippen molar-refractivity contribution in [1.82, 2.24) is 20.1 Å². The number of hydrogen-bond acceptors (Lipinski definition) is 3. The molecule has 3 rings (SSSR count). The van der Waals surface area contributed by atoms with Gasteiger partial charge >= 0.3 is 0 Å². The fraction of sp³-hybridized carbons (Fsp3) is 0.167. The Labute approximate surface area is 143 Å². The van der Waals surface area contributed by atoms with E-state index in [9.17, 15) is 14.0 Å². The van der Waals surface area contributed by atoms with E-state index in [1.807, 2.05) is 6.07 Å². The van der Waals surface area contributed by atoms with E-state index < -0.39 is 11.5 Å². The van der Waals surface area contributed by atoms with Gasteiger partial charge in [0.2, 0.25) is 0 Å². The number of hydrogen-bond donors (Lipinski definition) is 2. The average Bonchev–Trinajstić information content (AvgIpc) is 3.04. The molecule has 3 aromatic rings. The molecule has 0 atom stereocenters. The lowest BCUT2D eigenvalue weighted by molar-refractivity contribution is 0.0952. The Morgan fingerprint density at radius 2 is 1.96 bits per heavy atom. The minimum absolute atomic E-state index is 0.0856. The summed E-state index contributed by atoms with van der Waals surface area (Å²) >= 11 is 0. The second kappa shape index (κ2) is 7.12. The molecule has 128 valence electrons. The Kier molecular flexibility index (Phi) is 4.74. The van der Waals surface area contributed by atoms with E-state index in [4.69, 9.17) is 0 Å². The van der Waals surface area contributed by atoms with Crippen LogP contribution in [-0.4, -0.2) is 27.2 Å². The first-order valence-corrected chi connectivity index (χ1v) is 7.81. The van der Waals surface area contributed by atoms with Gasteiger partial charge in [0.15, 0.2) is 0 Å². The summed E-state index contributed by atoms with van der Waals surface area (Å²) in [6.07, 6.45) is 2.29. The number of nitrogens with zero attached hydrogens (tertiary/aromatic N) is 2. The monoisotopic (exact) mass is 340 g/mol. The smallest absolute Gasteiger partial charge is 0.260 e. The van der Waals surface area contributed by atoms with Gasteiger partial charge in [0.25, 0.3) is 11.5 Å². The normalized spacial score (nSPS) is 10.6. The minimum atomic E-state index is -0.417. The summed E-state index contributed by atoms with van der Waals surface area (Å²) in [6, 6.07) is 11.0. The molecule has 2 heterocycles. The molecule has 0 fully saturated rings. The largest absolute Gasteiger partial charge is 0.351 e. The highest BCUT2D eigenvalue weighted by molar-refractivity contribution is 5.93. The van der Waals surface area contributed by atoms with Gasteiger partial charge < -0.3 is 10.3 Å². The van der Waals surface area contributed by atoms with Crippen LogP contribution >= 0.6 is 0 Å². The maximum absolute atomic E-state index is 12.9. The molecule has 0 aliphatic carbocycles. The van der Waals surface area contributed by atoms with Gasteiger partial charge in [-0.05, 0) is 49.4 Å². The molecule has 0 saturated heterocycles. The zero-order valence-corrected chi connectivity index (χ0v) is 13.6. The van der Waals surface area contributed by atoms with E-state index >= 15 is 0 Å². The summed E-state index contributed by atoms with van der Waals surface area (Å²) in [5.41, 5.74) is 1.92. The minimum Gasteiger partial charge on any atom is -0.351 e. The lowest BCUT2D eigenvalue weighted by atomic mass is 10.2. The quantitative estimate of drug-likeness (QED) is 0.745. The zero-order chi connectivity index (χ0) is 17.8. The molecule has 0 radical (unpaired) electrons. The van der Waals surface area contributed by atoms with Gasteiger partial charge in [-0.1, -0.05) is 0 Å². The van der Waals surface area contributed by atoms with Crippen LogP contribution in [-0.2, 0) is 6.42 Å². The molecule has 2 aromatic heterocycles. The molecule has 25 heavy (non-hydrogen) atoms. The number of aromatic nitrogens is 3. The molecular weight excluding hydrogens is 323 g/mol. The maximum atomic E-state index is 12.9. The number of amides is 1. The number of carbonyl (C=O) groups is 1. The standard InChI is InChI=1S/C18H17FN4O2/c1-12-2-7-16(18(25)21-12)17(24)20-10-8-14-9-11-23(22-14)15-5-3-13(19)4-6-15/h2-7,9,11H,8,10H2,1H3,(H,20,24)(H,21,25). The first kappa shape index (κ1) is 16.6. The van der Waals surface area contributed by atoms with Crippen molar-refractivity contribution in [2.45, 2.75) is 13.3 Å². The lowest BCUT2D eigenvalue weighted by Crippen LogP contribution is -2.31. The van der Waals surface area contributed by atoms with E-state index in [1.165, 1.54) is 18.2 Å². The van der Waals surface area contributed by atoms with Crippen molar-refractivity contribution in [3.63, 3.8) is 0 Å². The summed E-state index contributed by atoms with van der Waals surface area (Å²) in [6.45, 7) is 2.10. The van der Waals surface area contributed by atoms with Crippen LogP contribution in [0.15, 0.2) is 53.5 Å². The Balaban J connectivity index is 1.58. The van der Waals surface area contributed by atoms with Crippen LogP contribution in [0.2, 0.25) is 0 Å². The molecular formula is C18H17FN4O2. The first-order chi connectivity index (χ1) is 12.0. The zero-order valence-electron chi connectivity index (χ0n) is 13.6. The van der Waals surface area contributed by atoms with Crippen LogP contribution in [0.1, 0.15) is 21.7 Å². The molecule has 0 saturated carbocycles. The van der Waals surface area contributed by atoms with Gasteiger partial charge in [0.1, 0.15) is 11.4 Å². The van der Waals surface area contributed by atoms with Crippen LogP contribution in [0.25, 0.3) is 5.69 Å². The first-order valence-electron chi connectivity index (χ1n) is 7.81. The molecule has 0 bridgehead atoms. The molecule has 1 aromatic carbocycles. The second-order valence-corrected chi connectivity index (χ2v) is 5.62. The molecule has 0 aliphatic rings. The van der Waals surface area contributed by atoms with Crippen LogP contribution < -0.4 is 10.9 Å². The number of aromatic amines is 1. The Morgan fingerprint density at radius 1 is 1.20 bits per heavy atom. The van der Waals surface area contributed by atoms with Crippen LogP contribution in [0, 0.1) is 12.7 Å². The fourth-order valence-corrected chi connectivity index (χ4v) is 2.38. The third-order valence-electron chi connectivity index (χ3n) is 3.70. The Hall–Kier alpha value is -3.22. The molecule has 7 heteroatoms. The van der Waals surface area contributed by atoms with Crippen molar-refractivity contribution in [3.05, 3.63) is 81.8 Å². The van der Waals surface area contributed by atoms with Gasteiger partial charge in [-0.2, -0.15) is 5.10 Å². The molecule has 1 amide bonds. The van der Waals surface area contributed by atoms with Crippen molar-refractivity contribution >= 4 is 5.91 Å². The topological polar surface area (TPSA) is 79.8 Å². The highest BCUT2D eigenvalue weighted by Gasteiger charge is 2.10. The van der Waals surface area contributed by atoms with Crippen molar-refractivity contribution in [1.29, 1.82) is 0 Å². The number of H-pyrrole nitrogens is 1. The lowest BCUT2D eigenvalue weighted by Gasteiger charge is -2.04. The number of aryl methyl sites for hydroxylation is 1. The third-order valence-corrected chi connectivity index (χ3v) is 3.70. The number of benzene rings is 1. The van der Waals surface area contributed by atoms with E-state index in [1.54, 1.807) is 36.0 Å². The predicted octanol–water partition coefficient (Wildman–Crippen LogP) is 1.98. The average molecular weight is 340 g/mol. The Morgan fingerprint density at radius 3 is 2.68 bits per heavy atom. The van der Waals surface area contributed by atoms with Crippen molar-refractivity contribution < 1.29 is 9.18 Å². The van der Waals surface area contributed by atoms with Crippen LogP contribution in [0.3, 0.4) is 0 Å². The van der Waals surface area contributed by atoms with E-state index in [2.05, 4.69) is 15.4 Å². The van der Waals surface area contributed by atoms with Gasteiger partial charge in [0, 0.05) is 24.9 Å². The van der Waals surface area contributed by atoms with E-state index in [0.29, 0.717) is 18.7 Å². The Bertz CT molecular complexity index is 944.